The number of para-hydroxylation sites is 1. The molecule has 1 aromatic heterocycles. The molecule has 2 aromatic carbocycles. The maximum atomic E-state index is 11.1. The molecular weight excluding hydrogens is 420 g/mol. The van der Waals surface area contributed by atoms with Gasteiger partial charge in [-0.2, -0.15) is 5.26 Å². The molecule has 0 unspecified atom stereocenters. The highest BCUT2D eigenvalue weighted by molar-refractivity contribution is 5.86. The summed E-state index contributed by atoms with van der Waals surface area (Å²) in [7, 11) is 1.58. The Morgan fingerprint density at radius 2 is 2.03 bits per heavy atom. The highest BCUT2D eigenvalue weighted by atomic mass is 16.5. The number of carboxylic acid groups (broad SMARTS) is 1. The van der Waals surface area contributed by atoms with Gasteiger partial charge in [0.15, 0.2) is 0 Å². The number of hydrogen-bond donors (Lipinski definition) is 1. The number of hydrogen-bond acceptors (Lipinski definition) is 6. The van der Waals surface area contributed by atoms with Crippen LogP contribution in [0.15, 0.2) is 60.3 Å². The third-order valence-electron chi connectivity index (χ3n) is 4.76. The minimum atomic E-state index is -1.05. The largest absolute Gasteiger partial charge is 0.496 e. The predicted molar refractivity (Wildman–Crippen MR) is 123 cm³/mol. The summed E-state index contributed by atoms with van der Waals surface area (Å²) in [4.78, 5) is 11.1. The van der Waals surface area contributed by atoms with E-state index in [4.69, 9.17) is 14.6 Å². The second-order valence-corrected chi connectivity index (χ2v) is 7.39. The number of carbonyl (C=O) groups is 1. The van der Waals surface area contributed by atoms with Crippen LogP contribution in [0.3, 0.4) is 0 Å². The van der Waals surface area contributed by atoms with Gasteiger partial charge in [0, 0.05) is 17.2 Å². The molecule has 168 valence electrons. The van der Waals surface area contributed by atoms with Crippen LogP contribution in [0.25, 0.3) is 11.8 Å². The summed E-state index contributed by atoms with van der Waals surface area (Å²) in [6.45, 7) is 4.09. The van der Waals surface area contributed by atoms with E-state index in [0.29, 0.717) is 40.4 Å². The van der Waals surface area contributed by atoms with Crippen LogP contribution in [0.2, 0.25) is 0 Å². The summed E-state index contributed by atoms with van der Waals surface area (Å²) in [6.07, 6.45) is 6.85. The van der Waals surface area contributed by atoms with Gasteiger partial charge in [0.2, 0.25) is 0 Å². The van der Waals surface area contributed by atoms with E-state index in [1.54, 1.807) is 43.6 Å². The van der Waals surface area contributed by atoms with Crippen molar-refractivity contribution in [3.8, 4) is 23.3 Å². The number of rotatable bonds is 9. The maximum absolute atomic E-state index is 11.1. The van der Waals surface area contributed by atoms with Gasteiger partial charge < -0.3 is 14.6 Å². The van der Waals surface area contributed by atoms with Gasteiger partial charge >= 0.3 is 5.97 Å². The van der Waals surface area contributed by atoms with Gasteiger partial charge in [-0.3, -0.25) is 0 Å². The summed E-state index contributed by atoms with van der Waals surface area (Å²) in [5.74, 6) is 0.0969. The van der Waals surface area contributed by atoms with Crippen molar-refractivity contribution in [1.82, 2.24) is 15.0 Å². The summed E-state index contributed by atoms with van der Waals surface area (Å²) < 4.78 is 13.2. The van der Waals surface area contributed by atoms with Crippen molar-refractivity contribution in [2.45, 2.75) is 26.9 Å². The fourth-order valence-electron chi connectivity index (χ4n) is 3.18. The van der Waals surface area contributed by atoms with Crippen molar-refractivity contribution in [3.05, 3.63) is 82.7 Å². The SMILES string of the molecule is COc1ccc(/C=C\C(=O)O)c(OCc2cn(-c3ccccc3C#N)nn2)c1CC=C(C)C. The molecule has 0 aliphatic rings. The molecule has 0 aliphatic heterocycles. The minimum absolute atomic E-state index is 0.0949. The van der Waals surface area contributed by atoms with Gasteiger partial charge in [0.25, 0.3) is 0 Å². The monoisotopic (exact) mass is 444 g/mol. The van der Waals surface area contributed by atoms with Crippen LogP contribution in [-0.2, 0) is 17.8 Å². The van der Waals surface area contributed by atoms with Gasteiger partial charge in [-0.25, -0.2) is 9.48 Å². The van der Waals surface area contributed by atoms with Gasteiger partial charge in [-0.15, -0.1) is 5.10 Å². The molecule has 0 fully saturated rings. The van der Waals surface area contributed by atoms with Crippen LogP contribution in [0.1, 0.15) is 36.2 Å². The average molecular weight is 444 g/mol. The molecule has 1 N–H and O–H groups in total. The number of ether oxygens (including phenoxy) is 2. The van der Waals surface area contributed by atoms with Crippen LogP contribution >= 0.6 is 0 Å². The van der Waals surface area contributed by atoms with Gasteiger partial charge in [-0.1, -0.05) is 29.0 Å². The molecule has 8 nitrogen and oxygen atoms in total. The van der Waals surface area contributed by atoms with Crippen LogP contribution in [-0.4, -0.2) is 33.2 Å². The summed E-state index contributed by atoms with van der Waals surface area (Å²) in [5.41, 5.74) is 4.19. The van der Waals surface area contributed by atoms with Crippen molar-refractivity contribution in [1.29, 1.82) is 5.26 Å². The number of methoxy groups -OCH3 is 1. The molecule has 0 radical (unpaired) electrons. The number of nitrogens with zero attached hydrogens (tertiary/aromatic N) is 4. The van der Waals surface area contributed by atoms with Gasteiger partial charge in [0.05, 0.1) is 24.6 Å². The molecule has 0 spiro atoms. The zero-order valence-corrected chi connectivity index (χ0v) is 18.6. The van der Waals surface area contributed by atoms with Crippen molar-refractivity contribution < 1.29 is 19.4 Å². The summed E-state index contributed by atoms with van der Waals surface area (Å²) in [5, 5.41) is 26.7. The van der Waals surface area contributed by atoms with Crippen molar-refractivity contribution in [3.63, 3.8) is 0 Å². The number of aliphatic carboxylic acids is 1. The maximum Gasteiger partial charge on any atom is 0.328 e. The molecule has 0 saturated heterocycles. The standard InChI is InChI=1S/C25H24N4O4/c1-17(2)8-11-21-23(32-3)12-9-18(10-13-24(30)31)25(21)33-16-20-15-29(28-27-20)22-7-5-4-6-19(22)14-26/h4-10,12-13,15H,11,16H2,1-3H3,(H,30,31)/b13-10-. The number of allylic oxidation sites excluding steroid dienone is 2. The third kappa shape index (κ3) is 5.86. The van der Waals surface area contributed by atoms with Crippen LogP contribution in [0.4, 0.5) is 0 Å². The Balaban J connectivity index is 1.95. The zero-order chi connectivity index (χ0) is 23.8. The smallest absolute Gasteiger partial charge is 0.328 e. The molecule has 0 amide bonds. The second kappa shape index (κ2) is 10.8. The molecule has 3 rings (SSSR count). The van der Waals surface area contributed by atoms with Crippen LogP contribution < -0.4 is 9.47 Å². The van der Waals surface area contributed by atoms with Gasteiger partial charge in [-0.05, 0) is 50.6 Å². The summed E-state index contributed by atoms with van der Waals surface area (Å²) >= 11 is 0. The molecule has 33 heavy (non-hydrogen) atoms. The predicted octanol–water partition coefficient (Wildman–Crippen LogP) is 4.33. The highest BCUT2D eigenvalue weighted by Crippen LogP contribution is 2.35. The first-order valence-corrected chi connectivity index (χ1v) is 10.2. The number of benzene rings is 2. The van der Waals surface area contributed by atoms with E-state index in [2.05, 4.69) is 16.4 Å². The van der Waals surface area contributed by atoms with Gasteiger partial charge in [0.1, 0.15) is 29.9 Å². The van der Waals surface area contributed by atoms with Crippen molar-refractivity contribution in [2.75, 3.05) is 7.11 Å². The van der Waals surface area contributed by atoms with E-state index >= 15 is 0 Å². The number of carboxylic acids is 1. The molecule has 1 heterocycles. The van der Waals surface area contributed by atoms with Crippen LogP contribution in [0, 0.1) is 11.3 Å². The molecule has 0 aliphatic carbocycles. The molecule has 8 heteroatoms. The fourth-order valence-corrected chi connectivity index (χ4v) is 3.18. The van der Waals surface area contributed by atoms with E-state index in [0.717, 1.165) is 17.2 Å². The second-order valence-electron chi connectivity index (χ2n) is 7.39. The van der Waals surface area contributed by atoms with Crippen molar-refractivity contribution >= 4 is 12.0 Å². The average Bonchev–Trinajstić information content (AvgIpc) is 3.28. The number of aromatic nitrogens is 3. The Kier molecular flexibility index (Phi) is 7.60. The Labute approximate surface area is 192 Å². The lowest BCUT2D eigenvalue weighted by Gasteiger charge is -2.16. The topological polar surface area (TPSA) is 110 Å². The molecule has 0 bridgehead atoms. The first-order valence-electron chi connectivity index (χ1n) is 10.2. The zero-order valence-electron chi connectivity index (χ0n) is 18.6. The molecule has 3 aromatic rings. The lowest BCUT2D eigenvalue weighted by atomic mass is 10.0. The molecule has 0 saturated carbocycles. The first-order chi connectivity index (χ1) is 15.9. The lowest BCUT2D eigenvalue weighted by molar-refractivity contribution is -0.131. The van der Waals surface area contributed by atoms with E-state index < -0.39 is 5.97 Å². The fraction of sp³-hybridized carbons (Fsp3) is 0.200. The lowest BCUT2D eigenvalue weighted by Crippen LogP contribution is -2.03. The Bertz CT molecular complexity index is 1250. The molecule has 0 atom stereocenters. The third-order valence-corrected chi connectivity index (χ3v) is 4.76. The quantitative estimate of drug-likeness (QED) is 0.386. The minimum Gasteiger partial charge on any atom is -0.496 e. The van der Waals surface area contributed by atoms with E-state index in [1.807, 2.05) is 26.0 Å². The van der Waals surface area contributed by atoms with Crippen LogP contribution in [0.5, 0.6) is 11.5 Å². The summed E-state index contributed by atoms with van der Waals surface area (Å²) in [6, 6.07) is 12.8. The Morgan fingerprint density at radius 1 is 1.24 bits per heavy atom. The highest BCUT2D eigenvalue weighted by Gasteiger charge is 2.16. The Hall–Kier alpha value is -4.38. The molecular formula is C25H24N4O4. The van der Waals surface area contributed by atoms with E-state index in [1.165, 1.54) is 10.8 Å². The first kappa shape index (κ1) is 23.3. The van der Waals surface area contributed by atoms with E-state index in [-0.39, 0.29) is 6.61 Å². The van der Waals surface area contributed by atoms with E-state index in [9.17, 15) is 10.1 Å². The normalized spacial score (nSPS) is 10.6. The van der Waals surface area contributed by atoms with Crippen molar-refractivity contribution in [2.24, 2.45) is 0 Å². The number of nitriles is 1. The Morgan fingerprint density at radius 3 is 2.73 bits per heavy atom.